The van der Waals surface area contributed by atoms with Crippen molar-refractivity contribution in [2.24, 2.45) is 0 Å². The Hall–Kier alpha value is -2.14. The second kappa shape index (κ2) is 8.34. The average Bonchev–Trinajstić information content (AvgIpc) is 2.51. The summed E-state index contributed by atoms with van der Waals surface area (Å²) in [4.78, 5) is 13.9. The van der Waals surface area contributed by atoms with Gasteiger partial charge < -0.3 is 16.4 Å². The second-order valence-electron chi connectivity index (χ2n) is 4.90. The molecule has 2 aromatic rings. The van der Waals surface area contributed by atoms with Crippen molar-refractivity contribution in [3.8, 4) is 0 Å². The number of unbranched alkanes of at least 4 members (excludes halogenated alkanes) is 1. The molecule has 2 rings (SSSR count). The van der Waals surface area contributed by atoms with Crippen molar-refractivity contribution in [1.82, 2.24) is 5.32 Å². The SMILES string of the molecule is CCCCNC(=O)Nc1ccc(Sc2ccccc2)cc1N. The molecule has 2 amide bonds. The Balaban J connectivity index is 1.96. The van der Waals surface area contributed by atoms with Crippen LogP contribution < -0.4 is 16.4 Å². The number of carbonyl (C=O) groups is 1. The number of anilines is 2. The van der Waals surface area contributed by atoms with E-state index >= 15 is 0 Å². The number of carbonyl (C=O) groups excluding carboxylic acids is 1. The molecule has 0 aliphatic heterocycles. The first-order chi connectivity index (χ1) is 10.7. The largest absolute Gasteiger partial charge is 0.397 e. The standard InChI is InChI=1S/C17H21N3OS/c1-2-3-11-19-17(21)20-16-10-9-14(12-15(16)18)22-13-7-5-4-6-8-13/h4-10,12H,2-3,11,18H2,1H3,(H2,19,20,21). The number of benzene rings is 2. The highest BCUT2D eigenvalue weighted by Crippen LogP contribution is 2.31. The topological polar surface area (TPSA) is 67.2 Å². The number of nitrogen functional groups attached to an aromatic ring is 1. The Labute approximate surface area is 135 Å². The third-order valence-electron chi connectivity index (χ3n) is 3.07. The van der Waals surface area contributed by atoms with Gasteiger partial charge in [-0.05, 0) is 36.8 Å². The third-order valence-corrected chi connectivity index (χ3v) is 4.06. The van der Waals surface area contributed by atoms with Crippen LogP contribution in [0, 0.1) is 0 Å². The smallest absolute Gasteiger partial charge is 0.319 e. The van der Waals surface area contributed by atoms with Crippen LogP contribution in [0.15, 0.2) is 58.3 Å². The van der Waals surface area contributed by atoms with Gasteiger partial charge in [-0.2, -0.15) is 0 Å². The molecule has 4 nitrogen and oxygen atoms in total. The molecule has 0 unspecified atom stereocenters. The quantitative estimate of drug-likeness (QED) is 0.548. The highest BCUT2D eigenvalue weighted by molar-refractivity contribution is 7.99. The first-order valence-corrected chi connectivity index (χ1v) is 8.18. The van der Waals surface area contributed by atoms with Crippen LogP contribution in [0.5, 0.6) is 0 Å². The van der Waals surface area contributed by atoms with Gasteiger partial charge in [0.05, 0.1) is 11.4 Å². The molecular weight excluding hydrogens is 294 g/mol. The lowest BCUT2D eigenvalue weighted by Crippen LogP contribution is -2.29. The van der Waals surface area contributed by atoms with Gasteiger partial charge in [0.15, 0.2) is 0 Å². The summed E-state index contributed by atoms with van der Waals surface area (Å²) in [6, 6.07) is 15.5. The van der Waals surface area contributed by atoms with Gasteiger partial charge in [0.25, 0.3) is 0 Å². The molecule has 22 heavy (non-hydrogen) atoms. The molecular formula is C17H21N3OS. The normalized spacial score (nSPS) is 10.2. The van der Waals surface area contributed by atoms with E-state index < -0.39 is 0 Å². The molecule has 0 aromatic heterocycles. The van der Waals surface area contributed by atoms with Crippen LogP contribution in [-0.2, 0) is 0 Å². The van der Waals surface area contributed by atoms with Gasteiger partial charge in [0.2, 0.25) is 0 Å². The molecule has 0 radical (unpaired) electrons. The van der Waals surface area contributed by atoms with Gasteiger partial charge in [-0.25, -0.2) is 4.79 Å². The Kier molecular flexibility index (Phi) is 6.15. The van der Waals surface area contributed by atoms with E-state index in [4.69, 9.17) is 5.73 Å². The molecule has 0 fully saturated rings. The molecule has 0 atom stereocenters. The zero-order chi connectivity index (χ0) is 15.8. The van der Waals surface area contributed by atoms with Crippen LogP contribution in [0.2, 0.25) is 0 Å². The van der Waals surface area contributed by atoms with E-state index in [1.807, 2.05) is 48.5 Å². The maximum atomic E-state index is 11.7. The van der Waals surface area contributed by atoms with Crippen molar-refractivity contribution in [3.05, 3.63) is 48.5 Å². The maximum Gasteiger partial charge on any atom is 0.319 e. The summed E-state index contributed by atoms with van der Waals surface area (Å²) in [5.41, 5.74) is 7.21. The summed E-state index contributed by atoms with van der Waals surface area (Å²) in [6.07, 6.45) is 2.02. The van der Waals surface area contributed by atoms with E-state index in [1.165, 1.54) is 0 Å². The van der Waals surface area contributed by atoms with E-state index in [0.29, 0.717) is 17.9 Å². The number of hydrogen-bond donors (Lipinski definition) is 3. The molecule has 0 aliphatic rings. The molecule has 0 bridgehead atoms. The molecule has 0 saturated carbocycles. The van der Waals surface area contributed by atoms with Gasteiger partial charge >= 0.3 is 6.03 Å². The van der Waals surface area contributed by atoms with E-state index in [-0.39, 0.29) is 6.03 Å². The van der Waals surface area contributed by atoms with Crippen LogP contribution in [0.4, 0.5) is 16.2 Å². The van der Waals surface area contributed by atoms with Crippen LogP contribution in [0.1, 0.15) is 19.8 Å². The molecule has 0 heterocycles. The van der Waals surface area contributed by atoms with Crippen molar-refractivity contribution in [2.45, 2.75) is 29.6 Å². The van der Waals surface area contributed by atoms with E-state index in [2.05, 4.69) is 17.6 Å². The van der Waals surface area contributed by atoms with Crippen LogP contribution in [0.3, 0.4) is 0 Å². The van der Waals surface area contributed by atoms with Crippen LogP contribution >= 0.6 is 11.8 Å². The van der Waals surface area contributed by atoms with E-state index in [0.717, 1.165) is 22.6 Å². The summed E-state index contributed by atoms with van der Waals surface area (Å²) >= 11 is 1.64. The lowest BCUT2D eigenvalue weighted by atomic mass is 10.3. The van der Waals surface area contributed by atoms with Gasteiger partial charge in [0, 0.05) is 16.3 Å². The molecule has 0 aliphatic carbocycles. The summed E-state index contributed by atoms with van der Waals surface area (Å²) in [5.74, 6) is 0. The molecule has 0 saturated heterocycles. The lowest BCUT2D eigenvalue weighted by molar-refractivity contribution is 0.252. The minimum absolute atomic E-state index is 0.219. The van der Waals surface area contributed by atoms with Crippen LogP contribution in [0.25, 0.3) is 0 Å². The molecule has 5 heteroatoms. The highest BCUT2D eigenvalue weighted by Gasteiger charge is 2.06. The number of hydrogen-bond acceptors (Lipinski definition) is 3. The summed E-state index contributed by atoms with van der Waals surface area (Å²) < 4.78 is 0. The Morgan fingerprint density at radius 3 is 2.59 bits per heavy atom. The van der Waals surface area contributed by atoms with E-state index in [1.54, 1.807) is 11.8 Å². The first-order valence-electron chi connectivity index (χ1n) is 7.36. The monoisotopic (exact) mass is 315 g/mol. The fourth-order valence-electron chi connectivity index (χ4n) is 1.89. The number of rotatable bonds is 6. The van der Waals surface area contributed by atoms with Gasteiger partial charge in [-0.1, -0.05) is 43.3 Å². The predicted octanol–water partition coefficient (Wildman–Crippen LogP) is 4.34. The van der Waals surface area contributed by atoms with Crippen LogP contribution in [-0.4, -0.2) is 12.6 Å². The number of nitrogens with two attached hydrogens (primary N) is 1. The first kappa shape index (κ1) is 16.2. The highest BCUT2D eigenvalue weighted by atomic mass is 32.2. The lowest BCUT2D eigenvalue weighted by Gasteiger charge is -2.11. The predicted molar refractivity (Wildman–Crippen MR) is 93.3 cm³/mol. The van der Waals surface area contributed by atoms with Gasteiger partial charge in [-0.15, -0.1) is 0 Å². The van der Waals surface area contributed by atoms with Crippen molar-refractivity contribution >= 4 is 29.2 Å². The molecule has 116 valence electrons. The summed E-state index contributed by atoms with van der Waals surface area (Å²) in [6.45, 7) is 2.75. The zero-order valence-electron chi connectivity index (χ0n) is 12.6. The minimum atomic E-state index is -0.219. The summed E-state index contributed by atoms with van der Waals surface area (Å²) in [5, 5.41) is 5.58. The number of nitrogens with one attached hydrogen (secondary N) is 2. The van der Waals surface area contributed by atoms with Crippen molar-refractivity contribution in [2.75, 3.05) is 17.6 Å². The summed E-state index contributed by atoms with van der Waals surface area (Å²) in [7, 11) is 0. The van der Waals surface area contributed by atoms with Crippen molar-refractivity contribution < 1.29 is 4.79 Å². The zero-order valence-corrected chi connectivity index (χ0v) is 13.5. The third kappa shape index (κ3) is 5.00. The van der Waals surface area contributed by atoms with Crippen molar-refractivity contribution in [1.29, 1.82) is 0 Å². The second-order valence-corrected chi connectivity index (χ2v) is 6.05. The fourth-order valence-corrected chi connectivity index (χ4v) is 2.78. The number of amides is 2. The number of urea groups is 1. The van der Waals surface area contributed by atoms with Crippen molar-refractivity contribution in [3.63, 3.8) is 0 Å². The Morgan fingerprint density at radius 1 is 1.14 bits per heavy atom. The molecule has 2 aromatic carbocycles. The fraction of sp³-hybridized carbons (Fsp3) is 0.235. The molecule has 4 N–H and O–H groups in total. The molecule has 0 spiro atoms. The minimum Gasteiger partial charge on any atom is -0.397 e. The Morgan fingerprint density at radius 2 is 1.91 bits per heavy atom. The van der Waals surface area contributed by atoms with Gasteiger partial charge in [0.1, 0.15) is 0 Å². The maximum absolute atomic E-state index is 11.7. The average molecular weight is 315 g/mol. The van der Waals surface area contributed by atoms with E-state index in [9.17, 15) is 4.79 Å². The Bertz CT molecular complexity index is 617. The van der Waals surface area contributed by atoms with Gasteiger partial charge in [-0.3, -0.25) is 0 Å².